The molecule has 0 aromatic carbocycles. The number of nitrogens with zero attached hydrogens (tertiary/aromatic N) is 1. The van der Waals surface area contributed by atoms with Crippen LogP contribution in [0.3, 0.4) is 0 Å². The van der Waals surface area contributed by atoms with Gasteiger partial charge in [-0.05, 0) is 12.3 Å². The topological polar surface area (TPSA) is 68.1 Å². The van der Waals surface area contributed by atoms with Crippen LogP contribution >= 0.6 is 0 Å². The fourth-order valence-corrected chi connectivity index (χ4v) is 1.22. The first-order chi connectivity index (χ1) is 9.51. The number of ether oxygens (including phenoxy) is 1. The maximum absolute atomic E-state index is 11.4. The summed E-state index contributed by atoms with van der Waals surface area (Å²) >= 11 is 0. The van der Waals surface area contributed by atoms with E-state index in [2.05, 4.69) is 18.3 Å². The summed E-state index contributed by atoms with van der Waals surface area (Å²) in [6.07, 6.45) is 0.888. The zero-order valence-corrected chi connectivity index (χ0v) is 13.1. The summed E-state index contributed by atoms with van der Waals surface area (Å²) in [5.41, 5.74) is 0.946. The van der Waals surface area contributed by atoms with E-state index in [1.165, 1.54) is 0 Å². The van der Waals surface area contributed by atoms with Crippen molar-refractivity contribution in [1.29, 1.82) is 0 Å². The van der Waals surface area contributed by atoms with Gasteiger partial charge in [0.15, 0.2) is 5.83 Å². The number of allylic oxidation sites excluding steroid dienone is 1. The van der Waals surface area contributed by atoms with Gasteiger partial charge in [0.05, 0.1) is 18.7 Å². The Morgan fingerprint density at radius 3 is 2.38 bits per heavy atom. The monoisotopic (exact) mass is 301 g/mol. The molecule has 1 aliphatic heterocycles. The predicted molar refractivity (Wildman–Crippen MR) is 79.6 cm³/mol. The molecule has 0 aliphatic carbocycles. The number of halogens is 1. The Morgan fingerprint density at radius 2 is 2.05 bits per heavy atom. The molecule has 6 heteroatoms. The van der Waals surface area contributed by atoms with Gasteiger partial charge in [0.2, 0.25) is 0 Å². The van der Waals surface area contributed by atoms with Crippen molar-refractivity contribution in [3.8, 4) is 0 Å². The number of carbonyl (C=O) groups excluding carboxylic acids is 1. The van der Waals surface area contributed by atoms with Gasteiger partial charge in [0.1, 0.15) is 11.9 Å². The Bertz CT molecular complexity index is 412. The molecule has 0 radical (unpaired) electrons. The Morgan fingerprint density at radius 1 is 1.52 bits per heavy atom. The Kier molecular flexibility index (Phi) is 7.70. The van der Waals surface area contributed by atoms with Gasteiger partial charge in [0, 0.05) is 6.42 Å². The third kappa shape index (κ3) is 10.6. The molecule has 1 N–H and O–H groups in total. The molecule has 1 heterocycles. The maximum Gasteiger partial charge on any atom is 0.309 e. The molecule has 0 saturated carbocycles. The van der Waals surface area contributed by atoms with Crippen LogP contribution in [0.15, 0.2) is 29.9 Å². The van der Waals surface area contributed by atoms with E-state index < -0.39 is 11.6 Å². The lowest BCUT2D eigenvalue weighted by Crippen LogP contribution is -2.21. The van der Waals surface area contributed by atoms with Crippen LogP contribution in [0, 0.1) is 5.41 Å². The first-order valence-electron chi connectivity index (χ1n) is 6.59. The molecular weight excluding hydrogens is 277 g/mol. The summed E-state index contributed by atoms with van der Waals surface area (Å²) in [5.74, 6) is -1.69. The molecule has 1 rings (SSSR count). The van der Waals surface area contributed by atoms with Gasteiger partial charge >= 0.3 is 5.97 Å². The summed E-state index contributed by atoms with van der Waals surface area (Å²) in [6.45, 7) is 14.0. The molecule has 0 amide bonds. The van der Waals surface area contributed by atoms with Crippen LogP contribution in [0.5, 0.6) is 0 Å². The number of esters is 1. The summed E-state index contributed by atoms with van der Waals surface area (Å²) < 4.78 is 16.4. The van der Waals surface area contributed by atoms with Gasteiger partial charge < -0.3 is 14.7 Å². The molecule has 0 aromatic rings. The van der Waals surface area contributed by atoms with Crippen molar-refractivity contribution in [2.45, 2.75) is 46.6 Å². The van der Waals surface area contributed by atoms with E-state index in [-0.39, 0.29) is 23.9 Å². The minimum absolute atomic E-state index is 0.0125. The normalized spacial score (nSPS) is 17.0. The lowest BCUT2D eigenvalue weighted by Gasteiger charge is -2.18. The van der Waals surface area contributed by atoms with Crippen molar-refractivity contribution >= 4 is 11.7 Å². The van der Waals surface area contributed by atoms with Crippen LogP contribution in [0.1, 0.15) is 40.5 Å². The maximum atomic E-state index is 11.4. The average molecular weight is 301 g/mol. The van der Waals surface area contributed by atoms with Gasteiger partial charge in [-0.15, -0.1) is 0 Å². The molecule has 0 spiro atoms. The number of hydrogen-bond donors (Lipinski definition) is 1. The third-order valence-corrected chi connectivity index (χ3v) is 2.25. The molecule has 0 aromatic heterocycles. The van der Waals surface area contributed by atoms with Crippen molar-refractivity contribution < 1.29 is 23.9 Å². The van der Waals surface area contributed by atoms with Gasteiger partial charge in [-0.25, -0.2) is 4.39 Å². The van der Waals surface area contributed by atoms with E-state index in [9.17, 15) is 9.18 Å². The summed E-state index contributed by atoms with van der Waals surface area (Å²) in [6, 6.07) is 0. The van der Waals surface area contributed by atoms with Gasteiger partial charge in [-0.2, -0.15) is 0 Å². The lowest BCUT2D eigenvalue weighted by atomic mass is 9.99. The van der Waals surface area contributed by atoms with E-state index in [4.69, 9.17) is 14.7 Å². The highest BCUT2D eigenvalue weighted by atomic mass is 19.1. The Balaban J connectivity index is 0.000000567. The van der Waals surface area contributed by atoms with E-state index in [0.29, 0.717) is 6.61 Å². The summed E-state index contributed by atoms with van der Waals surface area (Å²) in [7, 11) is 0. The number of hydrogen-bond acceptors (Lipinski definition) is 5. The molecule has 5 nitrogen and oxygen atoms in total. The molecule has 0 bridgehead atoms. The molecule has 21 heavy (non-hydrogen) atoms. The predicted octanol–water partition coefficient (Wildman–Crippen LogP) is 3.67. The Labute approximate surface area is 125 Å². The second-order valence-corrected chi connectivity index (χ2v) is 6.04. The smallest absolute Gasteiger partial charge is 0.309 e. The molecular formula is C15H24FNO4. The molecule has 1 atom stereocenters. The highest BCUT2D eigenvalue weighted by Gasteiger charge is 2.23. The quantitative estimate of drug-likeness (QED) is 0.488. The largest absolute Gasteiger partial charge is 0.506 e. The molecule has 0 saturated heterocycles. The van der Waals surface area contributed by atoms with Crippen LogP contribution in [0.4, 0.5) is 4.39 Å². The highest BCUT2D eigenvalue weighted by Crippen LogP contribution is 2.16. The standard InChI is InChI=1S/C11H19NO3.C4H5FO/c1-8-5-9(15-12-8)6-10(13)14-7-11(2,3)4;1-3(5)4(2)6/h9H,5-7H2,1-4H3;6H,1-2H2/t9-;/m1./s1. The SMILES string of the molecule is C=C(O)C(=C)F.CC1=NO[C@@H](CC(=O)OCC(C)(C)C)C1. The zero-order chi connectivity index (χ0) is 16.6. The highest BCUT2D eigenvalue weighted by molar-refractivity contribution is 5.83. The van der Waals surface area contributed by atoms with Crippen molar-refractivity contribution in [1.82, 2.24) is 0 Å². The molecule has 0 fully saturated rings. The van der Waals surface area contributed by atoms with E-state index in [0.717, 1.165) is 12.1 Å². The number of aliphatic hydroxyl groups excluding tert-OH is 1. The van der Waals surface area contributed by atoms with Crippen molar-refractivity contribution in [3.05, 3.63) is 24.7 Å². The van der Waals surface area contributed by atoms with E-state index in [1.807, 2.05) is 27.7 Å². The minimum Gasteiger partial charge on any atom is -0.506 e. The molecule has 0 unspecified atom stereocenters. The van der Waals surface area contributed by atoms with Gasteiger partial charge in [-0.3, -0.25) is 4.79 Å². The number of aliphatic hydroxyl groups is 1. The fraction of sp³-hybridized carbons (Fsp3) is 0.600. The fourth-order valence-electron chi connectivity index (χ4n) is 1.22. The van der Waals surface area contributed by atoms with Crippen molar-refractivity contribution in [2.24, 2.45) is 10.6 Å². The van der Waals surface area contributed by atoms with Crippen LogP contribution in [0.25, 0.3) is 0 Å². The second-order valence-electron chi connectivity index (χ2n) is 6.04. The molecule has 120 valence electrons. The Hall–Kier alpha value is -1.85. The average Bonchev–Trinajstić information content (AvgIpc) is 2.72. The molecule has 1 aliphatic rings. The first kappa shape index (κ1) is 19.1. The van der Waals surface area contributed by atoms with Gasteiger partial charge in [-0.1, -0.05) is 39.1 Å². The van der Waals surface area contributed by atoms with Crippen molar-refractivity contribution in [3.63, 3.8) is 0 Å². The van der Waals surface area contributed by atoms with Crippen molar-refractivity contribution in [2.75, 3.05) is 6.61 Å². The summed E-state index contributed by atoms with van der Waals surface area (Å²) in [4.78, 5) is 16.5. The minimum atomic E-state index is -0.880. The van der Waals surface area contributed by atoms with Crippen LogP contribution in [-0.2, 0) is 14.4 Å². The second kappa shape index (κ2) is 8.44. The lowest BCUT2D eigenvalue weighted by molar-refractivity contribution is -0.149. The van der Waals surface area contributed by atoms with Crippen LogP contribution in [-0.4, -0.2) is 29.5 Å². The zero-order valence-electron chi connectivity index (χ0n) is 13.1. The first-order valence-corrected chi connectivity index (χ1v) is 6.59. The number of rotatable bonds is 4. The summed E-state index contributed by atoms with van der Waals surface area (Å²) in [5, 5.41) is 11.7. The number of oxime groups is 1. The van der Waals surface area contributed by atoms with E-state index in [1.54, 1.807) is 0 Å². The van der Waals surface area contributed by atoms with E-state index >= 15 is 0 Å². The third-order valence-electron chi connectivity index (χ3n) is 2.25. The number of carbonyl (C=O) groups is 1. The van der Waals surface area contributed by atoms with Gasteiger partial charge in [0.25, 0.3) is 0 Å². The van der Waals surface area contributed by atoms with Crippen LogP contribution in [0.2, 0.25) is 0 Å². The van der Waals surface area contributed by atoms with Crippen LogP contribution < -0.4 is 0 Å².